The van der Waals surface area contributed by atoms with E-state index in [2.05, 4.69) is 4.99 Å². The molecule has 1 aliphatic rings. The molecule has 0 spiro atoms. The molecule has 4 aromatic rings. The standard InChI is InChI=1S/C28H22N4O6/c1-17-13-19(9-11-23(17)32(34)35)27-29-22(28(33)38-27)14-20-16-31(21-7-5-4-6-8-21)30-26(20)18-10-12-24(36-2)25(15-18)37-3/h4-16H,1-3H3. The van der Waals surface area contributed by atoms with E-state index in [1.165, 1.54) is 12.1 Å². The summed E-state index contributed by atoms with van der Waals surface area (Å²) in [4.78, 5) is 27.8. The van der Waals surface area contributed by atoms with Crippen LogP contribution in [-0.4, -0.2) is 40.8 Å². The van der Waals surface area contributed by atoms with Crippen molar-refractivity contribution in [2.24, 2.45) is 4.99 Å². The highest BCUT2D eigenvalue weighted by atomic mass is 16.6. The van der Waals surface area contributed by atoms with E-state index < -0.39 is 10.9 Å². The molecule has 0 unspecified atom stereocenters. The first-order valence-electron chi connectivity index (χ1n) is 11.5. The van der Waals surface area contributed by atoms with Gasteiger partial charge in [-0.25, -0.2) is 14.5 Å². The molecule has 10 heteroatoms. The van der Waals surface area contributed by atoms with Gasteiger partial charge < -0.3 is 14.2 Å². The maximum atomic E-state index is 12.8. The minimum absolute atomic E-state index is 0.0256. The third-order valence-corrected chi connectivity index (χ3v) is 5.97. The largest absolute Gasteiger partial charge is 0.493 e. The van der Waals surface area contributed by atoms with Crippen LogP contribution in [0.15, 0.2) is 83.6 Å². The number of hydrogen-bond donors (Lipinski definition) is 0. The van der Waals surface area contributed by atoms with Crippen molar-refractivity contribution in [1.29, 1.82) is 0 Å². The number of nitro groups is 1. The van der Waals surface area contributed by atoms with E-state index in [4.69, 9.17) is 19.3 Å². The lowest BCUT2D eigenvalue weighted by atomic mass is 10.1. The number of benzene rings is 3. The summed E-state index contributed by atoms with van der Waals surface area (Å²) in [6.45, 7) is 1.61. The molecule has 2 heterocycles. The minimum atomic E-state index is -0.637. The van der Waals surface area contributed by atoms with E-state index in [9.17, 15) is 14.9 Å². The van der Waals surface area contributed by atoms with Gasteiger partial charge in [0.05, 0.1) is 24.8 Å². The molecule has 3 aromatic carbocycles. The Hall–Kier alpha value is -5.25. The van der Waals surface area contributed by atoms with E-state index in [0.29, 0.717) is 33.9 Å². The smallest absolute Gasteiger partial charge is 0.363 e. The lowest BCUT2D eigenvalue weighted by Gasteiger charge is -2.09. The lowest BCUT2D eigenvalue weighted by Crippen LogP contribution is -2.06. The van der Waals surface area contributed by atoms with Gasteiger partial charge in [-0.3, -0.25) is 10.1 Å². The predicted molar refractivity (Wildman–Crippen MR) is 141 cm³/mol. The molecule has 1 aliphatic heterocycles. The van der Waals surface area contributed by atoms with Crippen molar-refractivity contribution in [2.75, 3.05) is 14.2 Å². The monoisotopic (exact) mass is 510 g/mol. The van der Waals surface area contributed by atoms with Gasteiger partial charge in [-0.1, -0.05) is 18.2 Å². The fourth-order valence-corrected chi connectivity index (χ4v) is 4.09. The average Bonchev–Trinajstić information content (AvgIpc) is 3.52. The fourth-order valence-electron chi connectivity index (χ4n) is 4.09. The topological polar surface area (TPSA) is 118 Å². The normalized spacial score (nSPS) is 13.8. The van der Waals surface area contributed by atoms with Gasteiger partial charge in [0, 0.05) is 34.5 Å². The van der Waals surface area contributed by atoms with Gasteiger partial charge in [0.2, 0.25) is 5.90 Å². The Kier molecular flexibility index (Phi) is 6.44. The van der Waals surface area contributed by atoms with Crippen LogP contribution in [0.5, 0.6) is 11.5 Å². The molecule has 0 saturated carbocycles. The summed E-state index contributed by atoms with van der Waals surface area (Å²) in [5, 5.41) is 15.9. The Balaban J connectivity index is 1.59. The first kappa shape index (κ1) is 24.4. The number of rotatable bonds is 7. The highest BCUT2D eigenvalue weighted by Crippen LogP contribution is 2.34. The number of aromatic nitrogens is 2. The summed E-state index contributed by atoms with van der Waals surface area (Å²) in [5.41, 5.74) is 3.73. The molecule has 0 N–H and O–H groups in total. The molecular formula is C28H22N4O6. The molecule has 0 atom stereocenters. The number of nitrogens with zero attached hydrogens (tertiary/aromatic N) is 4. The third kappa shape index (κ3) is 4.62. The number of para-hydroxylation sites is 1. The number of nitro benzene ring substituents is 1. The summed E-state index contributed by atoms with van der Waals surface area (Å²) < 4.78 is 17.9. The summed E-state index contributed by atoms with van der Waals surface area (Å²) in [6, 6.07) is 19.4. The fraction of sp³-hybridized carbons (Fsp3) is 0.107. The number of cyclic esters (lactones) is 1. The van der Waals surface area contributed by atoms with Crippen LogP contribution in [0.3, 0.4) is 0 Å². The highest BCUT2D eigenvalue weighted by Gasteiger charge is 2.26. The number of esters is 1. The van der Waals surface area contributed by atoms with E-state index in [1.807, 2.05) is 36.4 Å². The van der Waals surface area contributed by atoms with E-state index in [-0.39, 0.29) is 17.3 Å². The number of hydrogen-bond acceptors (Lipinski definition) is 8. The van der Waals surface area contributed by atoms with Crippen LogP contribution in [0.1, 0.15) is 16.7 Å². The first-order valence-corrected chi connectivity index (χ1v) is 11.5. The zero-order valence-corrected chi connectivity index (χ0v) is 20.7. The quantitative estimate of drug-likeness (QED) is 0.147. The van der Waals surface area contributed by atoms with Crippen LogP contribution in [0.2, 0.25) is 0 Å². The summed E-state index contributed by atoms with van der Waals surface area (Å²) in [5.74, 6) is 0.543. The molecule has 0 aliphatic carbocycles. The number of methoxy groups -OCH3 is 2. The molecule has 0 radical (unpaired) electrons. The maximum absolute atomic E-state index is 12.8. The van der Waals surface area contributed by atoms with E-state index in [1.54, 1.807) is 56.3 Å². The van der Waals surface area contributed by atoms with Crippen LogP contribution in [0.4, 0.5) is 5.69 Å². The number of ether oxygens (including phenoxy) is 3. The van der Waals surface area contributed by atoms with Crippen molar-refractivity contribution in [3.63, 3.8) is 0 Å². The second-order valence-corrected chi connectivity index (χ2v) is 8.38. The Bertz CT molecular complexity index is 1620. The van der Waals surface area contributed by atoms with Crippen molar-refractivity contribution >= 4 is 23.6 Å². The van der Waals surface area contributed by atoms with E-state index >= 15 is 0 Å². The van der Waals surface area contributed by atoms with Crippen molar-refractivity contribution in [1.82, 2.24) is 9.78 Å². The van der Waals surface area contributed by atoms with Gasteiger partial charge in [0.25, 0.3) is 5.69 Å². The van der Waals surface area contributed by atoms with Crippen LogP contribution >= 0.6 is 0 Å². The van der Waals surface area contributed by atoms with Gasteiger partial charge in [-0.05, 0) is 55.5 Å². The van der Waals surface area contributed by atoms with Gasteiger partial charge in [-0.15, -0.1) is 0 Å². The molecule has 190 valence electrons. The molecule has 38 heavy (non-hydrogen) atoms. The molecular weight excluding hydrogens is 488 g/mol. The number of carbonyl (C=O) groups excluding carboxylic acids is 1. The SMILES string of the molecule is COc1ccc(-c2nn(-c3ccccc3)cc2C=C2N=C(c3ccc([N+](=O)[O-])c(C)c3)OC2=O)cc1OC. The molecule has 0 fully saturated rings. The van der Waals surface area contributed by atoms with Gasteiger partial charge in [0.15, 0.2) is 17.2 Å². The Morgan fingerprint density at radius 1 is 0.974 bits per heavy atom. The van der Waals surface area contributed by atoms with Crippen molar-refractivity contribution in [3.8, 4) is 28.4 Å². The average molecular weight is 511 g/mol. The lowest BCUT2D eigenvalue weighted by molar-refractivity contribution is -0.385. The molecule has 1 aromatic heterocycles. The number of aliphatic imine (C=N–C) groups is 1. The zero-order chi connectivity index (χ0) is 26.8. The van der Waals surface area contributed by atoms with Crippen molar-refractivity contribution in [3.05, 3.63) is 105 Å². The minimum Gasteiger partial charge on any atom is -0.493 e. The second-order valence-electron chi connectivity index (χ2n) is 8.38. The summed E-state index contributed by atoms with van der Waals surface area (Å²) >= 11 is 0. The molecule has 0 amide bonds. The first-order chi connectivity index (χ1) is 18.4. The van der Waals surface area contributed by atoms with Crippen molar-refractivity contribution in [2.45, 2.75) is 6.92 Å². The highest BCUT2D eigenvalue weighted by molar-refractivity contribution is 6.13. The predicted octanol–water partition coefficient (Wildman–Crippen LogP) is 5.12. The Morgan fingerprint density at radius 3 is 2.39 bits per heavy atom. The number of aryl methyl sites for hydroxylation is 1. The zero-order valence-electron chi connectivity index (χ0n) is 20.7. The second kappa shape index (κ2) is 10.0. The van der Waals surface area contributed by atoms with Gasteiger partial charge in [-0.2, -0.15) is 5.10 Å². The molecule has 0 saturated heterocycles. The Labute approximate surface area is 217 Å². The van der Waals surface area contributed by atoms with E-state index in [0.717, 1.165) is 11.3 Å². The van der Waals surface area contributed by atoms with Gasteiger partial charge in [0.1, 0.15) is 5.69 Å². The maximum Gasteiger partial charge on any atom is 0.363 e. The van der Waals surface area contributed by atoms with Crippen molar-refractivity contribution < 1.29 is 23.9 Å². The molecule has 10 nitrogen and oxygen atoms in total. The number of carbonyl (C=O) groups is 1. The Morgan fingerprint density at radius 2 is 1.71 bits per heavy atom. The van der Waals surface area contributed by atoms with Crippen LogP contribution in [-0.2, 0) is 9.53 Å². The summed E-state index contributed by atoms with van der Waals surface area (Å²) in [7, 11) is 3.11. The third-order valence-electron chi connectivity index (χ3n) is 5.97. The van der Waals surface area contributed by atoms with Crippen LogP contribution in [0, 0.1) is 17.0 Å². The summed E-state index contributed by atoms with van der Waals surface area (Å²) in [6.07, 6.45) is 3.40. The molecule has 0 bridgehead atoms. The van der Waals surface area contributed by atoms with Crippen LogP contribution in [0.25, 0.3) is 23.0 Å². The van der Waals surface area contributed by atoms with Crippen LogP contribution < -0.4 is 9.47 Å². The van der Waals surface area contributed by atoms with Gasteiger partial charge >= 0.3 is 5.97 Å². The molecule has 5 rings (SSSR count).